The van der Waals surface area contributed by atoms with E-state index in [4.69, 9.17) is 4.74 Å². The van der Waals surface area contributed by atoms with Crippen molar-refractivity contribution in [3.8, 4) is 11.8 Å². The maximum absolute atomic E-state index is 12.5. The number of benzene rings is 3. The summed E-state index contributed by atoms with van der Waals surface area (Å²) in [6, 6.07) is 20.4. The minimum atomic E-state index is -0.604. The molecule has 3 rings (SSSR count). The zero-order valence-electron chi connectivity index (χ0n) is 19.5. The van der Waals surface area contributed by atoms with Crippen LogP contribution in [0.25, 0.3) is 6.08 Å². The second-order valence-corrected chi connectivity index (χ2v) is 8.44. The number of methoxy groups -OCH3 is 1. The average molecular weight is 548 g/mol. The third-order valence-electron chi connectivity index (χ3n) is 4.89. The second kappa shape index (κ2) is 12.3. The van der Waals surface area contributed by atoms with Crippen LogP contribution in [0.2, 0.25) is 0 Å². The molecule has 0 aliphatic heterocycles. The Balaban J connectivity index is 1.61. The second-order valence-electron chi connectivity index (χ2n) is 7.59. The molecular formula is C27H22BrN3O5. The Morgan fingerprint density at radius 1 is 0.972 bits per heavy atom. The number of rotatable bonds is 8. The monoisotopic (exact) mass is 547 g/mol. The number of nitriles is 1. The molecule has 0 bridgehead atoms. The van der Waals surface area contributed by atoms with Crippen molar-refractivity contribution in [2.24, 2.45) is 0 Å². The lowest BCUT2D eigenvalue weighted by Crippen LogP contribution is -2.20. The van der Waals surface area contributed by atoms with Crippen LogP contribution < -0.4 is 15.4 Å². The zero-order valence-corrected chi connectivity index (χ0v) is 21.1. The fourth-order valence-corrected chi connectivity index (χ4v) is 3.53. The summed E-state index contributed by atoms with van der Waals surface area (Å²) < 4.78 is 10.8. The SMILES string of the molecule is COC(=O)c1ccc(NC(=O)/C(C#N)=C/c2ccc(OCC(=O)Nc3ccc(C)cc3)c(Br)c2)cc1. The van der Waals surface area contributed by atoms with Gasteiger partial charge in [0, 0.05) is 11.4 Å². The van der Waals surface area contributed by atoms with Crippen LogP contribution in [0.1, 0.15) is 21.5 Å². The topological polar surface area (TPSA) is 118 Å². The van der Waals surface area contributed by atoms with Crippen molar-refractivity contribution in [2.45, 2.75) is 6.92 Å². The standard InChI is InChI=1S/C27H22BrN3O5/c1-17-3-8-21(9-4-17)30-25(32)16-36-24-12-5-18(14-23(24)28)13-20(15-29)26(33)31-22-10-6-19(7-11-22)27(34)35-2/h3-14H,16H2,1-2H3,(H,30,32)(H,31,33)/b20-13+. The lowest BCUT2D eigenvalue weighted by atomic mass is 10.1. The number of halogens is 1. The van der Waals surface area contributed by atoms with Gasteiger partial charge in [-0.1, -0.05) is 23.8 Å². The number of esters is 1. The predicted octanol–water partition coefficient (Wildman–Crippen LogP) is 5.11. The number of nitrogens with zero attached hydrogens (tertiary/aromatic N) is 1. The zero-order chi connectivity index (χ0) is 26.1. The van der Waals surface area contributed by atoms with E-state index in [0.717, 1.165) is 5.56 Å². The summed E-state index contributed by atoms with van der Waals surface area (Å²) in [4.78, 5) is 36.2. The van der Waals surface area contributed by atoms with E-state index >= 15 is 0 Å². The van der Waals surface area contributed by atoms with E-state index in [9.17, 15) is 19.6 Å². The number of aryl methyl sites for hydroxylation is 1. The molecule has 8 nitrogen and oxygen atoms in total. The molecule has 0 heterocycles. The molecule has 2 N–H and O–H groups in total. The van der Waals surface area contributed by atoms with Crippen LogP contribution >= 0.6 is 15.9 Å². The van der Waals surface area contributed by atoms with Gasteiger partial charge in [-0.2, -0.15) is 5.26 Å². The Bertz CT molecular complexity index is 1340. The van der Waals surface area contributed by atoms with Crippen molar-refractivity contribution in [3.63, 3.8) is 0 Å². The Morgan fingerprint density at radius 3 is 2.22 bits per heavy atom. The van der Waals surface area contributed by atoms with E-state index in [1.807, 2.05) is 37.3 Å². The maximum Gasteiger partial charge on any atom is 0.337 e. The lowest BCUT2D eigenvalue weighted by Gasteiger charge is -2.10. The number of hydrogen-bond donors (Lipinski definition) is 2. The van der Waals surface area contributed by atoms with Gasteiger partial charge in [-0.3, -0.25) is 9.59 Å². The van der Waals surface area contributed by atoms with Crippen molar-refractivity contribution >= 4 is 51.2 Å². The molecule has 0 atom stereocenters. The summed E-state index contributed by atoms with van der Waals surface area (Å²) in [5, 5.41) is 14.8. The van der Waals surface area contributed by atoms with Gasteiger partial charge in [0.05, 0.1) is 17.1 Å². The van der Waals surface area contributed by atoms with Crippen LogP contribution in [-0.4, -0.2) is 31.5 Å². The molecule has 3 aromatic rings. The molecule has 0 radical (unpaired) electrons. The molecule has 0 aliphatic carbocycles. The number of amides is 2. The van der Waals surface area contributed by atoms with Crippen molar-refractivity contribution in [2.75, 3.05) is 24.4 Å². The highest BCUT2D eigenvalue weighted by atomic mass is 79.9. The molecule has 0 unspecified atom stereocenters. The summed E-state index contributed by atoms with van der Waals surface area (Å²) in [7, 11) is 1.28. The van der Waals surface area contributed by atoms with Crippen molar-refractivity contribution in [3.05, 3.63) is 93.5 Å². The highest BCUT2D eigenvalue weighted by Crippen LogP contribution is 2.27. The minimum absolute atomic E-state index is 0.120. The van der Waals surface area contributed by atoms with Gasteiger partial charge in [0.25, 0.3) is 11.8 Å². The Labute approximate surface area is 216 Å². The van der Waals surface area contributed by atoms with Crippen molar-refractivity contribution in [1.82, 2.24) is 0 Å². The number of carbonyl (C=O) groups is 3. The summed E-state index contributed by atoms with van der Waals surface area (Å²) >= 11 is 3.39. The Kier molecular flexibility index (Phi) is 8.97. The molecule has 0 fully saturated rings. The molecule has 0 saturated carbocycles. The summed E-state index contributed by atoms with van der Waals surface area (Å²) in [6.07, 6.45) is 1.43. The molecule has 0 spiro atoms. The van der Waals surface area contributed by atoms with E-state index in [-0.39, 0.29) is 18.1 Å². The normalized spacial score (nSPS) is 10.7. The molecule has 0 saturated heterocycles. The molecule has 0 aromatic heterocycles. The summed E-state index contributed by atoms with van der Waals surface area (Å²) in [5.74, 6) is -0.972. The van der Waals surface area contributed by atoms with Gasteiger partial charge in [-0.25, -0.2) is 4.79 Å². The average Bonchev–Trinajstić information content (AvgIpc) is 2.88. The minimum Gasteiger partial charge on any atom is -0.483 e. The van der Waals surface area contributed by atoms with Crippen LogP contribution in [-0.2, 0) is 14.3 Å². The van der Waals surface area contributed by atoms with E-state index in [2.05, 4.69) is 31.3 Å². The van der Waals surface area contributed by atoms with Gasteiger partial charge in [0.15, 0.2) is 6.61 Å². The Hall–Kier alpha value is -4.42. The molecular weight excluding hydrogens is 526 g/mol. The molecule has 3 aromatic carbocycles. The van der Waals surface area contributed by atoms with Crippen LogP contribution in [0.3, 0.4) is 0 Å². The number of hydrogen-bond acceptors (Lipinski definition) is 6. The largest absolute Gasteiger partial charge is 0.483 e. The number of carbonyl (C=O) groups excluding carboxylic acids is 3. The van der Waals surface area contributed by atoms with Gasteiger partial charge in [0.1, 0.15) is 17.4 Å². The molecule has 182 valence electrons. The highest BCUT2D eigenvalue weighted by molar-refractivity contribution is 9.10. The van der Waals surface area contributed by atoms with Crippen LogP contribution in [0, 0.1) is 18.3 Å². The van der Waals surface area contributed by atoms with Crippen molar-refractivity contribution in [1.29, 1.82) is 5.26 Å². The molecule has 0 aliphatic rings. The van der Waals surface area contributed by atoms with E-state index in [1.54, 1.807) is 18.2 Å². The smallest absolute Gasteiger partial charge is 0.337 e. The number of nitrogens with one attached hydrogen (secondary N) is 2. The first-order valence-corrected chi connectivity index (χ1v) is 11.5. The van der Waals surface area contributed by atoms with Gasteiger partial charge in [-0.05, 0) is 83.0 Å². The molecule has 9 heteroatoms. The van der Waals surface area contributed by atoms with Crippen LogP contribution in [0.5, 0.6) is 5.75 Å². The van der Waals surface area contributed by atoms with Crippen LogP contribution in [0.4, 0.5) is 11.4 Å². The highest BCUT2D eigenvalue weighted by Gasteiger charge is 2.12. The fourth-order valence-electron chi connectivity index (χ4n) is 3.02. The first-order valence-electron chi connectivity index (χ1n) is 10.7. The van der Waals surface area contributed by atoms with E-state index < -0.39 is 11.9 Å². The maximum atomic E-state index is 12.5. The van der Waals surface area contributed by atoms with Crippen molar-refractivity contribution < 1.29 is 23.9 Å². The van der Waals surface area contributed by atoms with E-state index in [1.165, 1.54) is 37.5 Å². The first-order chi connectivity index (χ1) is 17.3. The third kappa shape index (κ3) is 7.29. The lowest BCUT2D eigenvalue weighted by molar-refractivity contribution is -0.118. The van der Waals surface area contributed by atoms with Gasteiger partial charge < -0.3 is 20.1 Å². The van der Waals surface area contributed by atoms with E-state index in [0.29, 0.717) is 32.7 Å². The number of anilines is 2. The number of ether oxygens (including phenoxy) is 2. The summed E-state index contributed by atoms with van der Waals surface area (Å²) in [6.45, 7) is 1.77. The predicted molar refractivity (Wildman–Crippen MR) is 139 cm³/mol. The molecule has 2 amide bonds. The quantitative estimate of drug-likeness (QED) is 0.230. The van der Waals surface area contributed by atoms with Gasteiger partial charge >= 0.3 is 5.97 Å². The van der Waals surface area contributed by atoms with Gasteiger partial charge in [0.2, 0.25) is 0 Å². The fraction of sp³-hybridized carbons (Fsp3) is 0.111. The first kappa shape index (κ1) is 26.2. The molecule has 36 heavy (non-hydrogen) atoms. The third-order valence-corrected chi connectivity index (χ3v) is 5.51. The van der Waals surface area contributed by atoms with Gasteiger partial charge in [-0.15, -0.1) is 0 Å². The Morgan fingerprint density at radius 2 is 1.61 bits per heavy atom. The van der Waals surface area contributed by atoms with Crippen LogP contribution in [0.15, 0.2) is 76.8 Å². The summed E-state index contributed by atoms with van der Waals surface area (Å²) in [5.41, 5.74) is 2.98.